The van der Waals surface area contributed by atoms with Crippen molar-refractivity contribution in [1.82, 2.24) is 0 Å². The zero-order valence-corrected chi connectivity index (χ0v) is 10.3. The fourth-order valence-electron chi connectivity index (χ4n) is 1.31. The van der Waals surface area contributed by atoms with Gasteiger partial charge < -0.3 is 9.64 Å². The number of rotatable bonds is 6. The molecule has 1 rings (SSSR count). The molecule has 0 bridgehead atoms. The van der Waals surface area contributed by atoms with Crippen LogP contribution in [0.15, 0.2) is 24.3 Å². The third-order valence-corrected chi connectivity index (χ3v) is 2.41. The number of thiol groups is 1. The number of anilines is 1. The minimum atomic E-state index is 0.674. The van der Waals surface area contributed by atoms with Crippen LogP contribution in [0.4, 0.5) is 5.69 Å². The minimum Gasteiger partial charge on any atom is -0.379 e. The Balaban J connectivity index is 2.46. The summed E-state index contributed by atoms with van der Waals surface area (Å²) in [6.07, 6.45) is 0. The Hall–Kier alpha value is -1.18. The Morgan fingerprint density at radius 2 is 2.25 bits per heavy atom. The highest BCUT2D eigenvalue weighted by Gasteiger charge is 2.01. The summed E-state index contributed by atoms with van der Waals surface area (Å²) in [5, 5.41) is 8.79. The first kappa shape index (κ1) is 12.9. The van der Waals surface area contributed by atoms with Crippen molar-refractivity contribution >= 4 is 18.3 Å². The van der Waals surface area contributed by atoms with Crippen LogP contribution in [-0.2, 0) is 4.74 Å². The molecule has 0 unspecified atom stereocenters. The molecule has 0 aliphatic heterocycles. The third-order valence-electron chi connectivity index (χ3n) is 2.22. The average molecular weight is 236 g/mol. The van der Waals surface area contributed by atoms with E-state index in [1.807, 2.05) is 25.2 Å². The quantitative estimate of drug-likeness (QED) is 0.606. The smallest absolute Gasteiger partial charge is 0.0992 e. The van der Waals surface area contributed by atoms with Gasteiger partial charge in [-0.1, -0.05) is 6.07 Å². The average Bonchev–Trinajstić information content (AvgIpc) is 2.34. The Kier molecular flexibility index (Phi) is 5.76. The van der Waals surface area contributed by atoms with Crippen molar-refractivity contribution < 1.29 is 4.74 Å². The van der Waals surface area contributed by atoms with Crippen LogP contribution in [0.3, 0.4) is 0 Å². The van der Waals surface area contributed by atoms with Crippen molar-refractivity contribution in [3.8, 4) is 6.07 Å². The van der Waals surface area contributed by atoms with Crippen LogP contribution in [0.2, 0.25) is 0 Å². The Labute approximate surface area is 102 Å². The zero-order chi connectivity index (χ0) is 11.8. The monoisotopic (exact) mass is 236 g/mol. The van der Waals surface area contributed by atoms with E-state index < -0.39 is 0 Å². The molecule has 0 fully saturated rings. The number of likely N-dealkylation sites (N-methyl/N-ethyl adjacent to an activating group) is 1. The van der Waals surface area contributed by atoms with E-state index in [0.717, 1.165) is 18.0 Å². The van der Waals surface area contributed by atoms with Crippen LogP contribution >= 0.6 is 12.6 Å². The SMILES string of the molecule is CN(CCOCCS)c1cccc(C#N)c1. The van der Waals surface area contributed by atoms with Crippen molar-refractivity contribution in [3.63, 3.8) is 0 Å². The van der Waals surface area contributed by atoms with Gasteiger partial charge in [0.25, 0.3) is 0 Å². The molecule has 0 saturated heterocycles. The highest BCUT2D eigenvalue weighted by molar-refractivity contribution is 7.80. The summed E-state index contributed by atoms with van der Waals surface area (Å²) in [7, 11) is 1.99. The maximum atomic E-state index is 8.79. The highest BCUT2D eigenvalue weighted by atomic mass is 32.1. The predicted molar refractivity (Wildman–Crippen MR) is 69.1 cm³/mol. The van der Waals surface area contributed by atoms with Crippen LogP contribution in [-0.4, -0.2) is 32.6 Å². The van der Waals surface area contributed by atoms with Gasteiger partial charge in [-0.2, -0.15) is 17.9 Å². The summed E-state index contributed by atoms with van der Waals surface area (Å²) in [6, 6.07) is 9.68. The zero-order valence-electron chi connectivity index (χ0n) is 9.39. The number of ether oxygens (including phenoxy) is 1. The van der Waals surface area contributed by atoms with E-state index in [0.29, 0.717) is 18.8 Å². The van der Waals surface area contributed by atoms with E-state index in [1.54, 1.807) is 6.07 Å². The summed E-state index contributed by atoms with van der Waals surface area (Å²) >= 11 is 4.07. The van der Waals surface area contributed by atoms with Gasteiger partial charge >= 0.3 is 0 Å². The van der Waals surface area contributed by atoms with E-state index in [2.05, 4.69) is 23.6 Å². The second-order valence-corrected chi connectivity index (χ2v) is 3.87. The molecule has 1 aromatic carbocycles. The molecule has 3 nitrogen and oxygen atoms in total. The molecule has 0 amide bonds. The molecule has 4 heteroatoms. The molecular formula is C12H16N2OS. The van der Waals surface area contributed by atoms with E-state index in [1.165, 1.54) is 0 Å². The molecule has 0 spiro atoms. The molecule has 16 heavy (non-hydrogen) atoms. The van der Waals surface area contributed by atoms with Crippen LogP contribution in [0.1, 0.15) is 5.56 Å². The number of benzene rings is 1. The fourth-order valence-corrected chi connectivity index (χ4v) is 1.44. The topological polar surface area (TPSA) is 36.3 Å². The standard InChI is InChI=1S/C12H16N2OS/c1-14(5-6-15-7-8-16)12-4-2-3-11(9-12)10-13/h2-4,9,16H,5-8H2,1H3. The summed E-state index contributed by atoms with van der Waals surface area (Å²) in [4.78, 5) is 2.07. The number of nitriles is 1. The lowest BCUT2D eigenvalue weighted by atomic mass is 10.2. The van der Waals surface area contributed by atoms with Gasteiger partial charge in [-0.15, -0.1) is 0 Å². The lowest BCUT2D eigenvalue weighted by molar-refractivity contribution is 0.157. The molecule has 0 saturated carbocycles. The summed E-state index contributed by atoms with van der Waals surface area (Å²) in [5.74, 6) is 0.744. The first-order valence-electron chi connectivity index (χ1n) is 5.18. The molecule has 0 aliphatic rings. The van der Waals surface area contributed by atoms with E-state index in [-0.39, 0.29) is 0 Å². The Morgan fingerprint density at radius 1 is 1.44 bits per heavy atom. The third kappa shape index (κ3) is 4.13. The molecule has 0 radical (unpaired) electrons. The molecule has 0 aliphatic carbocycles. The van der Waals surface area contributed by atoms with Gasteiger partial charge in [0.2, 0.25) is 0 Å². The van der Waals surface area contributed by atoms with E-state index in [4.69, 9.17) is 10.00 Å². The molecule has 0 heterocycles. The van der Waals surface area contributed by atoms with Gasteiger partial charge in [0.05, 0.1) is 24.8 Å². The van der Waals surface area contributed by atoms with Crippen LogP contribution in [0, 0.1) is 11.3 Å². The lowest BCUT2D eigenvalue weighted by Gasteiger charge is -2.19. The minimum absolute atomic E-state index is 0.674. The van der Waals surface area contributed by atoms with Crippen LogP contribution in [0.25, 0.3) is 0 Å². The van der Waals surface area contributed by atoms with Crippen LogP contribution in [0.5, 0.6) is 0 Å². The van der Waals surface area contributed by atoms with Crippen molar-refractivity contribution in [2.24, 2.45) is 0 Å². The van der Waals surface area contributed by atoms with Crippen molar-refractivity contribution in [1.29, 1.82) is 5.26 Å². The normalized spacial score (nSPS) is 9.81. The maximum Gasteiger partial charge on any atom is 0.0992 e. The molecule has 0 aromatic heterocycles. The first-order chi connectivity index (χ1) is 7.77. The fraction of sp³-hybridized carbons (Fsp3) is 0.417. The van der Waals surface area contributed by atoms with Crippen LogP contribution < -0.4 is 4.90 Å². The van der Waals surface area contributed by atoms with Gasteiger partial charge in [0.15, 0.2) is 0 Å². The summed E-state index contributed by atoms with van der Waals surface area (Å²) in [5.41, 5.74) is 1.72. The second-order valence-electron chi connectivity index (χ2n) is 3.42. The van der Waals surface area contributed by atoms with Crippen molar-refractivity contribution in [2.75, 3.05) is 37.5 Å². The first-order valence-corrected chi connectivity index (χ1v) is 5.81. The Morgan fingerprint density at radius 3 is 2.94 bits per heavy atom. The van der Waals surface area contributed by atoms with E-state index in [9.17, 15) is 0 Å². The lowest BCUT2D eigenvalue weighted by Crippen LogP contribution is -2.22. The van der Waals surface area contributed by atoms with Gasteiger partial charge in [-0.25, -0.2) is 0 Å². The molecular weight excluding hydrogens is 220 g/mol. The van der Waals surface area contributed by atoms with Gasteiger partial charge in [-0.05, 0) is 18.2 Å². The molecule has 0 N–H and O–H groups in total. The number of hydrogen-bond donors (Lipinski definition) is 1. The molecule has 86 valence electrons. The van der Waals surface area contributed by atoms with Crippen molar-refractivity contribution in [3.05, 3.63) is 29.8 Å². The van der Waals surface area contributed by atoms with Gasteiger partial charge in [-0.3, -0.25) is 0 Å². The van der Waals surface area contributed by atoms with Gasteiger partial charge in [0, 0.05) is 25.0 Å². The summed E-state index contributed by atoms with van der Waals surface area (Å²) < 4.78 is 5.35. The van der Waals surface area contributed by atoms with Crippen molar-refractivity contribution in [2.45, 2.75) is 0 Å². The second kappa shape index (κ2) is 7.15. The predicted octanol–water partition coefficient (Wildman–Crippen LogP) is 1.94. The van der Waals surface area contributed by atoms with Gasteiger partial charge in [0.1, 0.15) is 0 Å². The maximum absolute atomic E-state index is 8.79. The molecule has 0 atom stereocenters. The highest BCUT2D eigenvalue weighted by Crippen LogP contribution is 2.13. The Bertz CT molecular complexity index is 362. The number of hydrogen-bond acceptors (Lipinski definition) is 4. The number of nitrogens with zero attached hydrogens (tertiary/aromatic N) is 2. The van der Waals surface area contributed by atoms with E-state index >= 15 is 0 Å². The summed E-state index contributed by atoms with van der Waals surface area (Å²) in [6.45, 7) is 2.16. The largest absolute Gasteiger partial charge is 0.379 e. The molecule has 1 aromatic rings.